The SMILES string of the molecule is C/C(=N\[S@](=O)C(C)(C)C)c1ccc(Cl)nc1. The maximum Gasteiger partial charge on any atom is 0.145 e. The zero-order valence-corrected chi connectivity index (χ0v) is 11.4. The average Bonchev–Trinajstić information content (AvgIpc) is 2.17. The van der Waals surface area contributed by atoms with E-state index in [1.165, 1.54) is 0 Å². The van der Waals surface area contributed by atoms with Crippen LogP contribution in [0.25, 0.3) is 0 Å². The molecule has 0 amide bonds. The highest BCUT2D eigenvalue weighted by Crippen LogP contribution is 2.14. The van der Waals surface area contributed by atoms with E-state index >= 15 is 0 Å². The smallest absolute Gasteiger partial charge is 0.145 e. The predicted molar refractivity (Wildman–Crippen MR) is 69.4 cm³/mol. The first-order valence-corrected chi connectivity index (χ1v) is 6.38. The monoisotopic (exact) mass is 258 g/mol. The molecule has 0 N–H and O–H groups in total. The molecule has 0 saturated heterocycles. The third-order valence-corrected chi connectivity index (χ3v) is 3.60. The third kappa shape index (κ3) is 3.68. The van der Waals surface area contributed by atoms with Gasteiger partial charge in [-0.3, -0.25) is 0 Å². The zero-order valence-electron chi connectivity index (χ0n) is 9.82. The Morgan fingerprint density at radius 1 is 1.44 bits per heavy atom. The van der Waals surface area contributed by atoms with Gasteiger partial charge in [0, 0.05) is 11.8 Å². The fourth-order valence-corrected chi connectivity index (χ4v) is 1.64. The van der Waals surface area contributed by atoms with Crippen LogP contribution in [0.15, 0.2) is 22.7 Å². The van der Waals surface area contributed by atoms with Crippen molar-refractivity contribution in [2.45, 2.75) is 32.4 Å². The van der Waals surface area contributed by atoms with Crippen LogP contribution in [0, 0.1) is 0 Å². The summed E-state index contributed by atoms with van der Waals surface area (Å²) in [4.78, 5) is 3.96. The summed E-state index contributed by atoms with van der Waals surface area (Å²) in [6, 6.07) is 3.50. The highest BCUT2D eigenvalue weighted by molar-refractivity contribution is 7.85. The highest BCUT2D eigenvalue weighted by atomic mass is 35.5. The maximum absolute atomic E-state index is 11.8. The summed E-state index contributed by atoms with van der Waals surface area (Å²) in [5.41, 5.74) is 1.54. The molecule has 16 heavy (non-hydrogen) atoms. The Morgan fingerprint density at radius 3 is 2.50 bits per heavy atom. The molecule has 1 atom stereocenters. The van der Waals surface area contributed by atoms with E-state index in [1.54, 1.807) is 12.3 Å². The molecule has 0 bridgehead atoms. The van der Waals surface area contributed by atoms with Gasteiger partial charge in [0.1, 0.15) is 16.1 Å². The van der Waals surface area contributed by atoms with Crippen molar-refractivity contribution in [3.05, 3.63) is 29.0 Å². The number of rotatable bonds is 2. The Morgan fingerprint density at radius 2 is 2.06 bits per heavy atom. The molecular formula is C11H15ClN2OS. The molecular weight excluding hydrogens is 244 g/mol. The number of pyridine rings is 1. The number of hydrogen-bond donors (Lipinski definition) is 0. The van der Waals surface area contributed by atoms with E-state index in [-0.39, 0.29) is 4.75 Å². The van der Waals surface area contributed by atoms with E-state index in [1.807, 2.05) is 33.8 Å². The van der Waals surface area contributed by atoms with E-state index in [0.717, 1.165) is 5.56 Å². The summed E-state index contributed by atoms with van der Waals surface area (Å²) < 4.78 is 15.6. The minimum Gasteiger partial charge on any atom is -0.244 e. The van der Waals surface area contributed by atoms with Crippen molar-refractivity contribution in [1.82, 2.24) is 4.98 Å². The third-order valence-electron chi connectivity index (χ3n) is 1.89. The lowest BCUT2D eigenvalue weighted by molar-refractivity contribution is 0.650. The Hall–Kier alpha value is -0.740. The summed E-state index contributed by atoms with van der Waals surface area (Å²) >= 11 is 5.68. The lowest BCUT2D eigenvalue weighted by atomic mass is 10.2. The molecule has 0 aliphatic rings. The molecule has 0 saturated carbocycles. The van der Waals surface area contributed by atoms with Crippen molar-refractivity contribution in [2.24, 2.45) is 4.40 Å². The first-order valence-electron chi connectivity index (χ1n) is 4.90. The second-order valence-electron chi connectivity index (χ2n) is 4.41. The molecule has 88 valence electrons. The van der Waals surface area contributed by atoms with Gasteiger partial charge >= 0.3 is 0 Å². The molecule has 0 unspecified atom stereocenters. The van der Waals surface area contributed by atoms with Crippen LogP contribution in [0.3, 0.4) is 0 Å². The molecule has 0 spiro atoms. The molecule has 0 aliphatic heterocycles. The van der Waals surface area contributed by atoms with Gasteiger partial charge in [0.15, 0.2) is 0 Å². The normalized spacial score (nSPS) is 14.9. The highest BCUT2D eigenvalue weighted by Gasteiger charge is 2.19. The number of halogens is 1. The average molecular weight is 259 g/mol. The van der Waals surface area contributed by atoms with Gasteiger partial charge in [0.25, 0.3) is 0 Å². The Bertz CT molecular complexity index is 421. The molecule has 1 rings (SSSR count). The zero-order chi connectivity index (χ0) is 12.3. The molecule has 1 aromatic heterocycles. The maximum atomic E-state index is 11.8. The molecule has 0 aliphatic carbocycles. The van der Waals surface area contributed by atoms with Gasteiger partial charge in [0.2, 0.25) is 0 Å². The number of hydrogen-bond acceptors (Lipinski definition) is 2. The Kier molecular flexibility index (Phi) is 4.21. The van der Waals surface area contributed by atoms with Crippen molar-refractivity contribution in [2.75, 3.05) is 0 Å². The van der Waals surface area contributed by atoms with Crippen LogP contribution in [-0.2, 0) is 11.0 Å². The minimum absolute atomic E-state index is 0.346. The summed E-state index contributed by atoms with van der Waals surface area (Å²) in [6.45, 7) is 7.48. The molecule has 5 heteroatoms. The van der Waals surface area contributed by atoms with Gasteiger partial charge in [-0.15, -0.1) is 0 Å². The van der Waals surface area contributed by atoms with Crippen LogP contribution in [0.2, 0.25) is 5.15 Å². The lowest BCUT2D eigenvalue weighted by Crippen LogP contribution is -2.20. The van der Waals surface area contributed by atoms with Crippen LogP contribution < -0.4 is 0 Å². The second-order valence-corrected chi connectivity index (χ2v) is 6.70. The van der Waals surface area contributed by atoms with Crippen LogP contribution in [0.4, 0.5) is 0 Å². The van der Waals surface area contributed by atoms with Crippen LogP contribution in [-0.4, -0.2) is 19.7 Å². The quantitative estimate of drug-likeness (QED) is 0.605. The van der Waals surface area contributed by atoms with Gasteiger partial charge in [-0.05, 0) is 39.8 Å². The van der Waals surface area contributed by atoms with E-state index in [4.69, 9.17) is 11.6 Å². The lowest BCUT2D eigenvalue weighted by Gasteiger charge is -2.14. The van der Waals surface area contributed by atoms with Gasteiger partial charge < -0.3 is 0 Å². The minimum atomic E-state index is -1.25. The van der Waals surface area contributed by atoms with Gasteiger partial charge in [-0.25, -0.2) is 9.19 Å². The first kappa shape index (κ1) is 13.3. The Labute approximate surface area is 104 Å². The van der Waals surface area contributed by atoms with Crippen molar-refractivity contribution in [3.8, 4) is 0 Å². The van der Waals surface area contributed by atoms with Gasteiger partial charge in [0.05, 0.1) is 10.5 Å². The molecule has 0 fully saturated rings. The van der Waals surface area contributed by atoms with Crippen molar-refractivity contribution in [1.29, 1.82) is 0 Å². The summed E-state index contributed by atoms with van der Waals surface area (Å²) in [6.07, 6.45) is 1.63. The number of nitrogens with zero attached hydrogens (tertiary/aromatic N) is 2. The standard InChI is InChI=1S/C11H15ClN2OS/c1-8(14-16(15)11(2,3)4)9-5-6-10(12)13-7-9/h5-7H,1-4H3/b14-8+/t16-/m1/s1. The van der Waals surface area contributed by atoms with Gasteiger partial charge in [-0.1, -0.05) is 11.6 Å². The molecule has 3 nitrogen and oxygen atoms in total. The molecule has 1 aromatic rings. The predicted octanol–water partition coefficient (Wildman–Crippen LogP) is 3.01. The van der Waals surface area contributed by atoms with E-state index in [0.29, 0.717) is 10.9 Å². The molecule has 1 heterocycles. The summed E-state index contributed by atoms with van der Waals surface area (Å²) in [5, 5.41) is 0.438. The fraction of sp³-hybridized carbons (Fsp3) is 0.455. The van der Waals surface area contributed by atoms with Crippen molar-refractivity contribution in [3.63, 3.8) is 0 Å². The van der Waals surface area contributed by atoms with Crippen LogP contribution in [0.5, 0.6) is 0 Å². The van der Waals surface area contributed by atoms with Crippen LogP contribution >= 0.6 is 11.6 Å². The number of aromatic nitrogens is 1. The summed E-state index contributed by atoms with van der Waals surface area (Å²) in [7, 11) is -1.25. The van der Waals surface area contributed by atoms with E-state index < -0.39 is 11.0 Å². The molecule has 0 radical (unpaired) electrons. The van der Waals surface area contributed by atoms with Crippen molar-refractivity contribution >= 4 is 28.3 Å². The summed E-state index contributed by atoms with van der Waals surface area (Å²) in [5.74, 6) is 0. The van der Waals surface area contributed by atoms with E-state index in [2.05, 4.69) is 9.38 Å². The fourth-order valence-electron chi connectivity index (χ4n) is 0.904. The van der Waals surface area contributed by atoms with E-state index in [9.17, 15) is 4.21 Å². The molecule has 0 aromatic carbocycles. The topological polar surface area (TPSA) is 42.3 Å². The second kappa shape index (κ2) is 5.06. The largest absolute Gasteiger partial charge is 0.244 e. The van der Waals surface area contributed by atoms with Crippen molar-refractivity contribution < 1.29 is 4.21 Å². The van der Waals surface area contributed by atoms with Gasteiger partial charge in [-0.2, -0.15) is 4.40 Å². The first-order chi connectivity index (χ1) is 7.30. The van der Waals surface area contributed by atoms with Crippen LogP contribution in [0.1, 0.15) is 33.3 Å². The Balaban J connectivity index is 2.94.